The molecule has 5 aromatic rings. The van der Waals surface area contributed by atoms with E-state index in [-0.39, 0.29) is 18.3 Å². The molecule has 5 rings (SSSR count). The highest BCUT2D eigenvalue weighted by atomic mass is 35.5. The molecule has 0 aliphatic carbocycles. The van der Waals surface area contributed by atoms with E-state index in [1.807, 2.05) is 30.3 Å². The van der Waals surface area contributed by atoms with E-state index in [1.54, 1.807) is 36.9 Å². The summed E-state index contributed by atoms with van der Waals surface area (Å²) in [5.41, 5.74) is 4.49. The maximum absolute atomic E-state index is 13.5. The smallest absolute Gasteiger partial charge is 0.243 e. The summed E-state index contributed by atoms with van der Waals surface area (Å²) in [5, 5.41) is 16.4. The van der Waals surface area contributed by atoms with Crippen LogP contribution in [0.4, 0.5) is 15.9 Å². The number of hydrogen-bond donors (Lipinski definition) is 4. The summed E-state index contributed by atoms with van der Waals surface area (Å²) in [6.07, 6.45) is 5.44. The average Bonchev–Trinajstić information content (AvgIpc) is 3.53. The van der Waals surface area contributed by atoms with Crippen molar-refractivity contribution in [2.24, 2.45) is 0 Å². The third-order valence-corrected chi connectivity index (χ3v) is 7.59. The minimum Gasteiger partial charge on any atom is -0.496 e. The lowest BCUT2D eigenvalue weighted by Gasteiger charge is -2.13. The topological polar surface area (TPSA) is 131 Å². The van der Waals surface area contributed by atoms with Gasteiger partial charge in [-0.05, 0) is 73.5 Å². The van der Waals surface area contributed by atoms with Crippen molar-refractivity contribution < 1.29 is 28.3 Å². The molecule has 240 valence electrons. The number of fused-ring (bicyclic) bond motifs is 1. The summed E-state index contributed by atoms with van der Waals surface area (Å²) in [6.45, 7) is 1.57. The van der Waals surface area contributed by atoms with Gasteiger partial charge >= 0.3 is 0 Å². The Kier molecular flexibility index (Phi) is 11.4. The molecular weight excluding hydrogens is 613 g/mol. The number of halogens is 2. The highest BCUT2D eigenvalue weighted by Crippen LogP contribution is 2.37. The highest BCUT2D eigenvalue weighted by molar-refractivity contribution is 6.32. The second-order valence-electron chi connectivity index (χ2n) is 10.6. The third kappa shape index (κ3) is 8.72. The van der Waals surface area contributed by atoms with Crippen LogP contribution in [0.1, 0.15) is 43.4 Å². The number of nitrogens with zero attached hydrogens (tertiary/aromatic N) is 2. The number of hydroxylamine groups is 1. The summed E-state index contributed by atoms with van der Waals surface area (Å²) in [4.78, 5) is 20.0. The van der Waals surface area contributed by atoms with Crippen molar-refractivity contribution in [2.75, 3.05) is 19.0 Å². The SMILES string of the molecule is COc1cc2ncnc(Nc3ccc(OCc4cccc(F)c4)c(Cl)c3)c2cc1-c1ccc(CNCCCCCCC(=O)NO)o1. The fourth-order valence-corrected chi connectivity index (χ4v) is 5.17. The number of aromatic nitrogens is 2. The van der Waals surface area contributed by atoms with Gasteiger partial charge in [-0.1, -0.05) is 36.6 Å². The molecule has 0 fully saturated rings. The van der Waals surface area contributed by atoms with E-state index in [9.17, 15) is 9.18 Å². The standard InChI is InChI=1S/C34H35ClFN5O5/c1-44-32-18-29-26(17-27(32)30-13-11-25(46-30)19-37-14-5-3-2-4-9-33(42)41-43)34(39-21-38-29)40-24-10-12-31(28(35)16-24)45-20-22-7-6-8-23(36)15-22/h6-8,10-13,15-18,21,37,43H,2-5,9,14,19-20H2,1H3,(H,41,42)(H,38,39,40). The molecule has 0 saturated carbocycles. The maximum Gasteiger partial charge on any atom is 0.243 e. The number of furan rings is 1. The van der Waals surface area contributed by atoms with Crippen LogP contribution in [0, 0.1) is 5.82 Å². The molecule has 0 bridgehead atoms. The number of anilines is 2. The molecule has 0 spiro atoms. The molecule has 12 heteroatoms. The molecule has 46 heavy (non-hydrogen) atoms. The van der Waals surface area contributed by atoms with E-state index in [2.05, 4.69) is 20.6 Å². The van der Waals surface area contributed by atoms with Crippen LogP contribution in [0.25, 0.3) is 22.2 Å². The van der Waals surface area contributed by atoms with Gasteiger partial charge in [0.1, 0.15) is 47.6 Å². The van der Waals surface area contributed by atoms with Crippen LogP contribution >= 0.6 is 11.6 Å². The van der Waals surface area contributed by atoms with Gasteiger partial charge < -0.3 is 24.5 Å². The molecule has 2 aromatic heterocycles. The monoisotopic (exact) mass is 647 g/mol. The van der Waals surface area contributed by atoms with Crippen LogP contribution in [-0.2, 0) is 17.9 Å². The number of unbranched alkanes of at least 4 members (excludes halogenated alkanes) is 3. The predicted molar refractivity (Wildman–Crippen MR) is 174 cm³/mol. The van der Waals surface area contributed by atoms with Crippen molar-refractivity contribution in [1.29, 1.82) is 0 Å². The van der Waals surface area contributed by atoms with Crippen LogP contribution in [0.5, 0.6) is 11.5 Å². The molecule has 0 aliphatic heterocycles. The van der Waals surface area contributed by atoms with Crippen LogP contribution < -0.4 is 25.6 Å². The maximum atomic E-state index is 13.5. The van der Waals surface area contributed by atoms with Crippen LogP contribution in [0.2, 0.25) is 5.02 Å². The summed E-state index contributed by atoms with van der Waals surface area (Å²) >= 11 is 6.52. The molecule has 3 aromatic carbocycles. The second-order valence-corrected chi connectivity index (χ2v) is 11.0. The first kappa shape index (κ1) is 32.7. The molecule has 10 nitrogen and oxygen atoms in total. The summed E-state index contributed by atoms with van der Waals surface area (Å²) in [7, 11) is 1.60. The second kappa shape index (κ2) is 16.0. The van der Waals surface area contributed by atoms with Gasteiger partial charge in [0.25, 0.3) is 0 Å². The fourth-order valence-electron chi connectivity index (χ4n) is 4.94. The quantitative estimate of drug-likeness (QED) is 0.0487. The van der Waals surface area contributed by atoms with Crippen LogP contribution in [0.15, 0.2) is 77.5 Å². The Morgan fingerprint density at radius 1 is 1.00 bits per heavy atom. The molecule has 0 atom stereocenters. The number of nitrogens with one attached hydrogen (secondary N) is 3. The number of benzene rings is 3. The fraction of sp³-hybridized carbons (Fsp3) is 0.265. The Bertz CT molecular complexity index is 1780. The molecular formula is C34H35ClFN5O5. The average molecular weight is 648 g/mol. The largest absolute Gasteiger partial charge is 0.496 e. The zero-order valence-electron chi connectivity index (χ0n) is 25.3. The van der Waals surface area contributed by atoms with E-state index >= 15 is 0 Å². The van der Waals surface area contributed by atoms with E-state index in [1.165, 1.54) is 18.5 Å². The zero-order chi connectivity index (χ0) is 32.3. The normalized spacial score (nSPS) is 11.0. The first-order valence-electron chi connectivity index (χ1n) is 14.9. The Morgan fingerprint density at radius 3 is 2.67 bits per heavy atom. The van der Waals surface area contributed by atoms with Crippen molar-refractivity contribution in [3.05, 3.63) is 95.2 Å². The molecule has 0 radical (unpaired) electrons. The van der Waals surface area contributed by atoms with Gasteiger partial charge in [0.05, 0.1) is 29.8 Å². The van der Waals surface area contributed by atoms with Gasteiger partial charge in [0, 0.05) is 23.6 Å². The van der Waals surface area contributed by atoms with Gasteiger partial charge in [-0.2, -0.15) is 0 Å². The lowest BCUT2D eigenvalue weighted by Crippen LogP contribution is -2.17. The van der Waals surface area contributed by atoms with E-state index in [4.69, 9.17) is 30.7 Å². The number of amides is 1. The number of carbonyl (C=O) groups is 1. The molecule has 4 N–H and O–H groups in total. The summed E-state index contributed by atoms with van der Waals surface area (Å²) in [6, 6.07) is 19.2. The number of carbonyl (C=O) groups excluding carboxylic acids is 1. The minimum absolute atomic E-state index is 0.186. The van der Waals surface area contributed by atoms with E-state index < -0.39 is 0 Å². The number of ether oxygens (including phenoxy) is 2. The lowest BCUT2D eigenvalue weighted by atomic mass is 10.1. The third-order valence-electron chi connectivity index (χ3n) is 7.29. The Hall–Kier alpha value is -4.71. The first-order chi connectivity index (χ1) is 22.4. The number of rotatable bonds is 16. The van der Waals surface area contributed by atoms with E-state index in [0.29, 0.717) is 57.8 Å². The van der Waals surface area contributed by atoms with Gasteiger partial charge in [-0.25, -0.2) is 19.8 Å². The van der Waals surface area contributed by atoms with E-state index in [0.717, 1.165) is 48.9 Å². The highest BCUT2D eigenvalue weighted by Gasteiger charge is 2.16. The van der Waals surface area contributed by atoms with Crippen molar-refractivity contribution >= 4 is 39.9 Å². The van der Waals surface area contributed by atoms with Gasteiger partial charge in [-0.15, -0.1) is 0 Å². The Morgan fingerprint density at radius 2 is 1.87 bits per heavy atom. The van der Waals surface area contributed by atoms with Crippen molar-refractivity contribution in [1.82, 2.24) is 20.8 Å². The summed E-state index contributed by atoms with van der Waals surface area (Å²) < 4.78 is 31.2. The Labute approximate surface area is 270 Å². The van der Waals surface area contributed by atoms with Gasteiger partial charge in [-0.3, -0.25) is 10.0 Å². The molecule has 0 saturated heterocycles. The predicted octanol–water partition coefficient (Wildman–Crippen LogP) is 7.56. The zero-order valence-corrected chi connectivity index (χ0v) is 26.1. The van der Waals surface area contributed by atoms with Crippen LogP contribution in [-0.4, -0.2) is 34.7 Å². The molecule has 0 unspecified atom stereocenters. The molecule has 2 heterocycles. The van der Waals surface area contributed by atoms with Gasteiger partial charge in [0.15, 0.2) is 0 Å². The van der Waals surface area contributed by atoms with Crippen LogP contribution in [0.3, 0.4) is 0 Å². The number of methoxy groups -OCH3 is 1. The molecule has 1 amide bonds. The lowest BCUT2D eigenvalue weighted by molar-refractivity contribution is -0.129. The van der Waals surface area contributed by atoms with Crippen molar-refractivity contribution in [3.63, 3.8) is 0 Å². The number of hydrogen-bond acceptors (Lipinski definition) is 9. The van der Waals surface area contributed by atoms with Crippen molar-refractivity contribution in [2.45, 2.75) is 45.3 Å². The van der Waals surface area contributed by atoms with Gasteiger partial charge in [0.2, 0.25) is 5.91 Å². The summed E-state index contributed by atoms with van der Waals surface area (Å²) in [5.74, 6) is 2.43. The first-order valence-corrected chi connectivity index (χ1v) is 15.3. The van der Waals surface area contributed by atoms with Crippen molar-refractivity contribution in [3.8, 4) is 22.8 Å². The Balaban J connectivity index is 1.23. The minimum atomic E-state index is -0.351. The molecule has 0 aliphatic rings.